The highest BCUT2D eigenvalue weighted by Gasteiger charge is 2.20. The van der Waals surface area contributed by atoms with Crippen LogP contribution in [-0.4, -0.2) is 30.1 Å². The van der Waals surface area contributed by atoms with E-state index in [0.717, 1.165) is 6.54 Å². The van der Waals surface area contributed by atoms with E-state index >= 15 is 0 Å². The summed E-state index contributed by atoms with van der Waals surface area (Å²) >= 11 is 11.7. The van der Waals surface area contributed by atoms with Crippen molar-refractivity contribution >= 4 is 40.8 Å². The molecule has 110 valence electrons. The molecule has 1 aromatic rings. The first kappa shape index (κ1) is 16.8. The van der Waals surface area contributed by atoms with Crippen LogP contribution < -0.4 is 10.6 Å². The van der Waals surface area contributed by atoms with E-state index in [9.17, 15) is 9.59 Å². The van der Waals surface area contributed by atoms with Gasteiger partial charge >= 0.3 is 5.97 Å². The van der Waals surface area contributed by atoms with Gasteiger partial charge in [-0.1, -0.05) is 37.0 Å². The molecule has 1 atom stereocenters. The molecule has 0 aliphatic heterocycles. The highest BCUT2D eigenvalue weighted by Crippen LogP contribution is 2.30. The Morgan fingerprint density at radius 2 is 2.00 bits per heavy atom. The third kappa shape index (κ3) is 4.37. The molecule has 5 nitrogen and oxygen atoms in total. The number of anilines is 1. The molecule has 3 N–H and O–H groups in total. The van der Waals surface area contributed by atoms with Crippen molar-refractivity contribution in [2.24, 2.45) is 5.92 Å². The molecular formula is C13H16Cl2N2O3. The lowest BCUT2D eigenvalue weighted by Gasteiger charge is -2.15. The van der Waals surface area contributed by atoms with Gasteiger partial charge in [-0.25, -0.2) is 4.79 Å². The summed E-state index contributed by atoms with van der Waals surface area (Å²) in [6.07, 6.45) is 0. The van der Waals surface area contributed by atoms with Gasteiger partial charge in [-0.05, 0) is 18.7 Å². The van der Waals surface area contributed by atoms with Crippen LogP contribution in [0.3, 0.4) is 0 Å². The van der Waals surface area contributed by atoms with E-state index in [1.165, 1.54) is 12.1 Å². The van der Waals surface area contributed by atoms with Crippen molar-refractivity contribution in [3.63, 3.8) is 0 Å². The fourth-order valence-electron chi connectivity index (χ4n) is 1.57. The van der Waals surface area contributed by atoms with Gasteiger partial charge in [0.15, 0.2) is 0 Å². The smallest absolute Gasteiger partial charge is 0.337 e. The zero-order valence-electron chi connectivity index (χ0n) is 11.2. The minimum absolute atomic E-state index is 0.0666. The highest BCUT2D eigenvalue weighted by atomic mass is 35.5. The quantitative estimate of drug-likeness (QED) is 0.753. The van der Waals surface area contributed by atoms with Gasteiger partial charge in [0.1, 0.15) is 0 Å². The summed E-state index contributed by atoms with van der Waals surface area (Å²) in [5.41, 5.74) is -0.0663. The Morgan fingerprint density at radius 3 is 2.55 bits per heavy atom. The molecule has 0 fully saturated rings. The third-order valence-corrected chi connectivity index (χ3v) is 3.20. The van der Waals surface area contributed by atoms with Crippen LogP contribution in [0.25, 0.3) is 0 Å². The normalized spacial score (nSPS) is 12.0. The lowest BCUT2D eigenvalue weighted by atomic mass is 10.1. The predicted octanol–water partition coefficient (Wildman–Crippen LogP) is 2.88. The molecule has 1 rings (SSSR count). The van der Waals surface area contributed by atoms with Crippen molar-refractivity contribution in [3.05, 3.63) is 27.7 Å². The van der Waals surface area contributed by atoms with Crippen LogP contribution in [0, 0.1) is 5.92 Å². The molecule has 20 heavy (non-hydrogen) atoms. The van der Waals surface area contributed by atoms with Gasteiger partial charge in [0.2, 0.25) is 5.91 Å². The average molecular weight is 319 g/mol. The molecule has 0 aliphatic carbocycles. The Balaban J connectivity index is 2.97. The molecule has 1 aromatic carbocycles. The Bertz CT molecular complexity index is 521. The Kier molecular flexibility index (Phi) is 6.26. The van der Waals surface area contributed by atoms with Gasteiger partial charge in [0.05, 0.1) is 16.3 Å². The topological polar surface area (TPSA) is 78.4 Å². The fourth-order valence-corrected chi connectivity index (χ4v) is 2.11. The Morgan fingerprint density at radius 1 is 1.35 bits per heavy atom. The summed E-state index contributed by atoms with van der Waals surface area (Å²) in [5.74, 6) is -1.83. The van der Waals surface area contributed by atoms with E-state index in [2.05, 4.69) is 10.6 Å². The number of amides is 1. The molecule has 0 aromatic heterocycles. The lowest BCUT2D eigenvalue weighted by molar-refractivity contribution is -0.119. The highest BCUT2D eigenvalue weighted by molar-refractivity contribution is 6.37. The summed E-state index contributed by atoms with van der Waals surface area (Å²) in [5, 5.41) is 15.0. The number of carboxylic acids is 1. The summed E-state index contributed by atoms with van der Waals surface area (Å²) in [6.45, 7) is 4.92. The molecule has 0 saturated carbocycles. The molecule has 1 amide bonds. The van der Waals surface area contributed by atoms with Crippen molar-refractivity contribution in [3.8, 4) is 0 Å². The Labute approximate surface area is 127 Å². The number of benzene rings is 1. The maximum atomic E-state index is 12.0. The lowest BCUT2D eigenvalue weighted by Crippen LogP contribution is -2.30. The number of aromatic carboxylic acids is 1. The standard InChI is InChI=1S/C13H16Cl2N2O3/c1-3-16-6-7(2)12(18)17-11-9(13(19)20)4-8(14)5-10(11)15/h4-5,7,16H,3,6H2,1-2H3,(H,17,18)(H,19,20). The molecule has 1 unspecified atom stereocenters. The van der Waals surface area contributed by atoms with Crippen molar-refractivity contribution < 1.29 is 14.7 Å². The van der Waals surface area contributed by atoms with E-state index in [1.807, 2.05) is 6.92 Å². The van der Waals surface area contributed by atoms with E-state index in [4.69, 9.17) is 28.3 Å². The van der Waals surface area contributed by atoms with Crippen LogP contribution in [0.15, 0.2) is 12.1 Å². The number of hydrogen-bond donors (Lipinski definition) is 3. The van der Waals surface area contributed by atoms with Gasteiger partial charge in [-0.15, -0.1) is 0 Å². The maximum Gasteiger partial charge on any atom is 0.337 e. The van der Waals surface area contributed by atoms with Crippen molar-refractivity contribution in [1.82, 2.24) is 5.32 Å². The van der Waals surface area contributed by atoms with Crippen molar-refractivity contribution in [2.75, 3.05) is 18.4 Å². The minimum Gasteiger partial charge on any atom is -0.478 e. The van der Waals surface area contributed by atoms with Crippen LogP contribution in [0.4, 0.5) is 5.69 Å². The second-order valence-corrected chi connectivity index (χ2v) is 5.16. The fraction of sp³-hybridized carbons (Fsp3) is 0.385. The van der Waals surface area contributed by atoms with Crippen molar-refractivity contribution in [1.29, 1.82) is 0 Å². The number of rotatable bonds is 6. The second kappa shape index (κ2) is 7.47. The minimum atomic E-state index is -1.20. The van der Waals surface area contributed by atoms with E-state index in [0.29, 0.717) is 6.54 Å². The molecule has 0 bridgehead atoms. The number of carbonyl (C=O) groups is 2. The van der Waals surface area contributed by atoms with Gasteiger partial charge in [-0.2, -0.15) is 0 Å². The van der Waals surface area contributed by atoms with Crippen LogP contribution in [0.5, 0.6) is 0 Å². The molecule has 0 heterocycles. The monoisotopic (exact) mass is 318 g/mol. The molecule has 0 aliphatic rings. The van der Waals surface area contributed by atoms with Crippen LogP contribution in [0.2, 0.25) is 10.0 Å². The van der Waals surface area contributed by atoms with Crippen LogP contribution in [-0.2, 0) is 4.79 Å². The molecular weight excluding hydrogens is 303 g/mol. The van der Waals surface area contributed by atoms with E-state index in [1.54, 1.807) is 6.92 Å². The number of carbonyl (C=O) groups excluding carboxylic acids is 1. The first-order valence-electron chi connectivity index (χ1n) is 6.10. The zero-order valence-corrected chi connectivity index (χ0v) is 12.7. The summed E-state index contributed by atoms with van der Waals surface area (Å²) in [4.78, 5) is 23.2. The summed E-state index contributed by atoms with van der Waals surface area (Å²) < 4.78 is 0. The van der Waals surface area contributed by atoms with E-state index in [-0.39, 0.29) is 33.1 Å². The van der Waals surface area contributed by atoms with Crippen LogP contribution >= 0.6 is 23.2 Å². The maximum absolute atomic E-state index is 12.0. The first-order valence-corrected chi connectivity index (χ1v) is 6.86. The van der Waals surface area contributed by atoms with E-state index < -0.39 is 5.97 Å². The van der Waals surface area contributed by atoms with Gasteiger partial charge in [0.25, 0.3) is 0 Å². The van der Waals surface area contributed by atoms with Crippen molar-refractivity contribution in [2.45, 2.75) is 13.8 Å². The van der Waals surface area contributed by atoms with Gasteiger partial charge in [-0.3, -0.25) is 4.79 Å². The number of halogens is 2. The first-order chi connectivity index (χ1) is 9.36. The SMILES string of the molecule is CCNCC(C)C(=O)Nc1c(Cl)cc(Cl)cc1C(=O)O. The number of hydrogen-bond acceptors (Lipinski definition) is 3. The molecule has 0 saturated heterocycles. The zero-order chi connectivity index (χ0) is 15.3. The largest absolute Gasteiger partial charge is 0.478 e. The second-order valence-electron chi connectivity index (χ2n) is 4.31. The predicted molar refractivity (Wildman–Crippen MR) is 79.8 cm³/mol. The summed E-state index contributed by atoms with van der Waals surface area (Å²) in [6, 6.07) is 2.64. The van der Waals surface area contributed by atoms with Crippen LogP contribution in [0.1, 0.15) is 24.2 Å². The molecule has 0 radical (unpaired) electrons. The molecule has 0 spiro atoms. The molecule has 7 heteroatoms. The average Bonchev–Trinajstić information content (AvgIpc) is 2.38. The summed E-state index contributed by atoms with van der Waals surface area (Å²) in [7, 11) is 0. The third-order valence-electron chi connectivity index (χ3n) is 2.68. The number of carboxylic acid groups (broad SMARTS) is 1. The van der Waals surface area contributed by atoms with Gasteiger partial charge < -0.3 is 15.7 Å². The van der Waals surface area contributed by atoms with Gasteiger partial charge in [0, 0.05) is 17.5 Å². The number of nitrogens with one attached hydrogen (secondary N) is 2. The Hall–Kier alpha value is -1.30.